The number of aromatic nitrogens is 2. The molecule has 0 aliphatic carbocycles. The SMILES string of the molecule is Cc1cc(C)n(CCCNC(=O)N2CCN(S(=O)(=O)c3ccccc3F)CC2)n1. The summed E-state index contributed by atoms with van der Waals surface area (Å²) in [4.78, 5) is 13.6. The Bertz CT molecular complexity index is 968. The molecule has 1 aromatic heterocycles. The van der Waals surface area contributed by atoms with Crippen LogP contribution in [0.25, 0.3) is 0 Å². The number of carbonyl (C=O) groups excluding carboxylic acids is 1. The fourth-order valence-electron chi connectivity index (χ4n) is 3.36. The van der Waals surface area contributed by atoms with E-state index in [1.807, 2.05) is 24.6 Å². The highest BCUT2D eigenvalue weighted by molar-refractivity contribution is 7.89. The molecule has 1 aromatic carbocycles. The van der Waals surface area contributed by atoms with E-state index in [2.05, 4.69) is 10.4 Å². The van der Waals surface area contributed by atoms with Crippen molar-refractivity contribution in [2.75, 3.05) is 32.7 Å². The van der Waals surface area contributed by atoms with E-state index >= 15 is 0 Å². The predicted molar refractivity (Wildman–Crippen MR) is 106 cm³/mol. The molecule has 0 bridgehead atoms. The van der Waals surface area contributed by atoms with Gasteiger partial charge in [-0.15, -0.1) is 0 Å². The van der Waals surface area contributed by atoms with Gasteiger partial charge in [-0.1, -0.05) is 12.1 Å². The van der Waals surface area contributed by atoms with Crippen LogP contribution in [0.3, 0.4) is 0 Å². The number of sulfonamides is 1. The maximum Gasteiger partial charge on any atom is 0.317 e. The average Bonchev–Trinajstić information content (AvgIpc) is 3.02. The van der Waals surface area contributed by atoms with Crippen molar-refractivity contribution < 1.29 is 17.6 Å². The first kappa shape index (κ1) is 21.3. The third-order valence-electron chi connectivity index (χ3n) is 4.91. The number of hydrogen-bond donors (Lipinski definition) is 1. The molecule has 0 radical (unpaired) electrons. The second-order valence-electron chi connectivity index (χ2n) is 7.06. The van der Waals surface area contributed by atoms with E-state index in [1.54, 1.807) is 4.90 Å². The van der Waals surface area contributed by atoms with Crippen molar-refractivity contribution in [3.8, 4) is 0 Å². The van der Waals surface area contributed by atoms with E-state index in [9.17, 15) is 17.6 Å². The zero-order chi connectivity index (χ0) is 21.0. The second-order valence-corrected chi connectivity index (χ2v) is 8.96. The summed E-state index contributed by atoms with van der Waals surface area (Å²) in [5.41, 5.74) is 2.05. The number of halogens is 1. The molecular weight excluding hydrogens is 397 g/mol. The van der Waals surface area contributed by atoms with Crippen molar-refractivity contribution in [2.24, 2.45) is 0 Å². The van der Waals surface area contributed by atoms with Gasteiger partial charge >= 0.3 is 6.03 Å². The Morgan fingerprint density at radius 3 is 2.48 bits per heavy atom. The third-order valence-corrected chi connectivity index (χ3v) is 6.84. The predicted octanol–water partition coefficient (Wildman–Crippen LogP) is 1.75. The van der Waals surface area contributed by atoms with Crippen LogP contribution < -0.4 is 5.32 Å². The molecule has 1 aliphatic rings. The molecule has 0 spiro atoms. The highest BCUT2D eigenvalue weighted by atomic mass is 32.2. The zero-order valence-corrected chi connectivity index (χ0v) is 17.5. The normalized spacial score (nSPS) is 15.5. The van der Waals surface area contributed by atoms with Crippen LogP contribution in [-0.4, -0.2) is 66.2 Å². The van der Waals surface area contributed by atoms with Crippen molar-refractivity contribution in [1.29, 1.82) is 0 Å². The number of nitrogens with zero attached hydrogens (tertiary/aromatic N) is 4. The van der Waals surface area contributed by atoms with Crippen molar-refractivity contribution in [3.05, 3.63) is 47.5 Å². The maximum absolute atomic E-state index is 13.9. The summed E-state index contributed by atoms with van der Waals surface area (Å²) in [7, 11) is -3.91. The molecule has 8 nitrogen and oxygen atoms in total. The molecule has 0 saturated carbocycles. The Labute approximate surface area is 170 Å². The highest BCUT2D eigenvalue weighted by Crippen LogP contribution is 2.20. The second kappa shape index (κ2) is 8.91. The minimum Gasteiger partial charge on any atom is -0.338 e. The van der Waals surface area contributed by atoms with Gasteiger partial charge in [0.2, 0.25) is 10.0 Å². The average molecular weight is 424 g/mol. The van der Waals surface area contributed by atoms with E-state index < -0.39 is 15.8 Å². The molecule has 0 atom stereocenters. The number of nitrogens with one attached hydrogen (secondary N) is 1. The highest BCUT2D eigenvalue weighted by Gasteiger charge is 2.31. The van der Waals surface area contributed by atoms with Crippen LogP contribution in [0.4, 0.5) is 9.18 Å². The minimum atomic E-state index is -3.91. The fraction of sp³-hybridized carbons (Fsp3) is 0.474. The molecule has 1 N–H and O–H groups in total. The molecule has 158 valence electrons. The van der Waals surface area contributed by atoms with Crippen LogP contribution in [0.15, 0.2) is 35.2 Å². The first-order valence-electron chi connectivity index (χ1n) is 9.57. The van der Waals surface area contributed by atoms with E-state index in [0.29, 0.717) is 13.1 Å². The van der Waals surface area contributed by atoms with Crippen LogP contribution in [0, 0.1) is 19.7 Å². The number of hydrogen-bond acceptors (Lipinski definition) is 4. The van der Waals surface area contributed by atoms with E-state index in [4.69, 9.17) is 0 Å². The first-order chi connectivity index (χ1) is 13.8. The topological polar surface area (TPSA) is 87.5 Å². The molecule has 1 aliphatic heterocycles. The number of carbonyl (C=O) groups is 1. The summed E-state index contributed by atoms with van der Waals surface area (Å²) in [5.74, 6) is -0.768. The standard InChI is InChI=1S/C19H26FN5O3S/c1-15-14-16(2)25(22-15)9-5-8-21-19(26)23-10-12-24(13-11-23)29(27,28)18-7-4-3-6-17(18)20/h3-4,6-7,14H,5,8-13H2,1-2H3,(H,21,26). The third kappa shape index (κ3) is 4.94. The Balaban J connectivity index is 1.46. The number of urea groups is 1. The smallest absolute Gasteiger partial charge is 0.317 e. The molecule has 1 fully saturated rings. The van der Waals surface area contributed by atoms with Gasteiger partial charge in [-0.25, -0.2) is 17.6 Å². The number of piperazine rings is 1. The number of aryl methyl sites for hydroxylation is 3. The van der Waals surface area contributed by atoms with Crippen LogP contribution in [0.5, 0.6) is 0 Å². The Hall–Kier alpha value is -2.46. The lowest BCUT2D eigenvalue weighted by Gasteiger charge is -2.34. The van der Waals surface area contributed by atoms with Gasteiger partial charge in [0.15, 0.2) is 0 Å². The zero-order valence-electron chi connectivity index (χ0n) is 16.6. The molecule has 2 aromatic rings. The van der Waals surface area contributed by atoms with Crippen molar-refractivity contribution in [1.82, 2.24) is 24.3 Å². The summed E-state index contributed by atoms with van der Waals surface area (Å²) >= 11 is 0. The lowest BCUT2D eigenvalue weighted by molar-refractivity contribution is 0.172. The van der Waals surface area contributed by atoms with Gasteiger partial charge in [-0.3, -0.25) is 4.68 Å². The Kier molecular flexibility index (Phi) is 6.53. The molecule has 0 unspecified atom stereocenters. The summed E-state index contributed by atoms with van der Waals surface area (Å²) < 4.78 is 42.2. The van der Waals surface area contributed by atoms with Gasteiger partial charge in [0, 0.05) is 45.0 Å². The van der Waals surface area contributed by atoms with Gasteiger partial charge in [0.1, 0.15) is 10.7 Å². The summed E-state index contributed by atoms with van der Waals surface area (Å²) in [6.45, 7) is 5.95. The Morgan fingerprint density at radius 1 is 1.17 bits per heavy atom. The van der Waals surface area contributed by atoms with Crippen LogP contribution in [0.2, 0.25) is 0 Å². The van der Waals surface area contributed by atoms with Crippen LogP contribution >= 0.6 is 0 Å². The summed E-state index contributed by atoms with van der Waals surface area (Å²) in [6, 6.07) is 7.11. The van der Waals surface area contributed by atoms with Crippen molar-refractivity contribution >= 4 is 16.1 Å². The number of benzene rings is 1. The van der Waals surface area contributed by atoms with E-state index in [0.717, 1.165) is 23.9 Å². The van der Waals surface area contributed by atoms with Gasteiger partial charge in [-0.2, -0.15) is 9.40 Å². The summed E-state index contributed by atoms with van der Waals surface area (Å²) in [6.07, 6.45) is 0.745. The largest absolute Gasteiger partial charge is 0.338 e. The monoisotopic (exact) mass is 423 g/mol. The quantitative estimate of drug-likeness (QED) is 0.717. The van der Waals surface area contributed by atoms with Gasteiger partial charge < -0.3 is 10.2 Å². The minimum absolute atomic E-state index is 0.135. The van der Waals surface area contributed by atoms with E-state index in [-0.39, 0.29) is 37.1 Å². The van der Waals surface area contributed by atoms with Crippen LogP contribution in [0.1, 0.15) is 17.8 Å². The van der Waals surface area contributed by atoms with Crippen molar-refractivity contribution in [2.45, 2.75) is 31.7 Å². The molecule has 10 heteroatoms. The molecule has 3 rings (SSSR count). The van der Waals surface area contributed by atoms with E-state index in [1.165, 1.54) is 22.5 Å². The molecular formula is C19H26FN5O3S. The van der Waals surface area contributed by atoms with Crippen LogP contribution in [-0.2, 0) is 16.6 Å². The first-order valence-corrected chi connectivity index (χ1v) is 11.0. The molecule has 29 heavy (non-hydrogen) atoms. The number of amides is 2. The molecule has 2 heterocycles. The van der Waals surface area contributed by atoms with Gasteiger partial charge in [0.25, 0.3) is 0 Å². The molecule has 1 saturated heterocycles. The maximum atomic E-state index is 13.9. The van der Waals surface area contributed by atoms with Gasteiger partial charge in [0.05, 0.1) is 5.69 Å². The fourth-order valence-corrected chi connectivity index (χ4v) is 4.85. The molecule has 2 amide bonds. The lowest BCUT2D eigenvalue weighted by atomic mass is 10.3. The Morgan fingerprint density at radius 2 is 1.86 bits per heavy atom. The number of rotatable bonds is 6. The lowest BCUT2D eigenvalue weighted by Crippen LogP contribution is -2.53. The van der Waals surface area contributed by atoms with Crippen molar-refractivity contribution in [3.63, 3.8) is 0 Å². The van der Waals surface area contributed by atoms with Gasteiger partial charge in [-0.05, 0) is 38.5 Å². The summed E-state index contributed by atoms with van der Waals surface area (Å²) in [5, 5.41) is 7.24.